The normalized spacial score (nSPS) is 12.0. The largest absolute Gasteiger partial charge is 0.265 e. The Bertz CT molecular complexity index is 899. The zero-order valence-electron chi connectivity index (χ0n) is 13.9. The van der Waals surface area contributed by atoms with Gasteiger partial charge in [-0.2, -0.15) is 14.9 Å². The molecule has 0 unspecified atom stereocenters. The second-order valence-electron chi connectivity index (χ2n) is 6.52. The first-order valence-electron chi connectivity index (χ1n) is 7.68. The van der Waals surface area contributed by atoms with Crippen molar-refractivity contribution in [2.45, 2.75) is 26.2 Å². The smallest absolute Gasteiger partial charge is 0.216 e. The van der Waals surface area contributed by atoms with Crippen LogP contribution in [-0.2, 0) is 5.41 Å². The molecule has 2 heterocycles. The fraction of sp³-hybridized carbons (Fsp3) is 0.222. The first-order chi connectivity index (χ1) is 11.4. The average molecular weight is 337 g/mol. The molecule has 0 aliphatic rings. The molecule has 6 heteroatoms. The summed E-state index contributed by atoms with van der Waals surface area (Å²) >= 11 is 5.27. The minimum Gasteiger partial charge on any atom is -0.265 e. The van der Waals surface area contributed by atoms with Crippen LogP contribution in [0.25, 0.3) is 11.4 Å². The van der Waals surface area contributed by atoms with Gasteiger partial charge < -0.3 is 0 Å². The zero-order chi connectivity index (χ0) is 17.2. The van der Waals surface area contributed by atoms with E-state index in [0.29, 0.717) is 10.6 Å². The summed E-state index contributed by atoms with van der Waals surface area (Å²) in [6, 6.07) is 12.1. The monoisotopic (exact) mass is 337 g/mol. The number of aromatic amines is 1. The number of nitrogens with one attached hydrogen (secondary N) is 1. The Morgan fingerprint density at radius 1 is 1.08 bits per heavy atom. The fourth-order valence-electron chi connectivity index (χ4n) is 2.28. The molecule has 1 aromatic carbocycles. The number of pyridine rings is 1. The van der Waals surface area contributed by atoms with Crippen LogP contribution in [0.5, 0.6) is 0 Å². The lowest BCUT2D eigenvalue weighted by molar-refractivity contribution is 0.590. The van der Waals surface area contributed by atoms with Gasteiger partial charge in [-0.15, -0.1) is 0 Å². The van der Waals surface area contributed by atoms with Crippen LogP contribution in [0.3, 0.4) is 0 Å². The van der Waals surface area contributed by atoms with Gasteiger partial charge in [0.05, 0.1) is 6.21 Å². The van der Waals surface area contributed by atoms with Gasteiger partial charge in [-0.25, -0.2) is 5.10 Å². The van der Waals surface area contributed by atoms with E-state index in [2.05, 4.69) is 65.3 Å². The van der Waals surface area contributed by atoms with Crippen molar-refractivity contribution in [1.29, 1.82) is 0 Å². The highest BCUT2D eigenvalue weighted by molar-refractivity contribution is 7.71. The van der Waals surface area contributed by atoms with Gasteiger partial charge in [0, 0.05) is 18.0 Å². The molecule has 1 N–H and O–H groups in total. The standard InChI is InChI=1S/C18H19N5S/c1-18(2,3)15-6-4-13(5-7-15)12-20-23-16(21-22-17(23)24)14-8-10-19-11-9-14/h4-12H,1-3H3,(H,22,24)/b20-12-. The van der Waals surface area contributed by atoms with E-state index in [9.17, 15) is 0 Å². The number of rotatable bonds is 3. The molecule has 0 saturated carbocycles. The summed E-state index contributed by atoms with van der Waals surface area (Å²) in [7, 11) is 0. The Labute approximate surface area is 146 Å². The molecule has 0 aliphatic carbocycles. The van der Waals surface area contributed by atoms with Crippen LogP contribution >= 0.6 is 12.2 Å². The van der Waals surface area contributed by atoms with Crippen molar-refractivity contribution in [1.82, 2.24) is 19.9 Å². The average Bonchev–Trinajstić information content (AvgIpc) is 2.94. The highest BCUT2D eigenvalue weighted by atomic mass is 32.1. The van der Waals surface area contributed by atoms with Crippen molar-refractivity contribution in [3.8, 4) is 11.4 Å². The van der Waals surface area contributed by atoms with Crippen LogP contribution in [0.4, 0.5) is 0 Å². The number of benzene rings is 1. The molecule has 5 nitrogen and oxygen atoms in total. The molecular weight excluding hydrogens is 318 g/mol. The second-order valence-corrected chi connectivity index (χ2v) is 6.90. The van der Waals surface area contributed by atoms with Gasteiger partial charge in [0.1, 0.15) is 0 Å². The Morgan fingerprint density at radius 2 is 1.75 bits per heavy atom. The molecule has 0 radical (unpaired) electrons. The van der Waals surface area contributed by atoms with Crippen LogP contribution in [0, 0.1) is 4.77 Å². The summed E-state index contributed by atoms with van der Waals surface area (Å²) in [5.74, 6) is 0.657. The summed E-state index contributed by atoms with van der Waals surface area (Å²) in [6.45, 7) is 6.59. The van der Waals surface area contributed by atoms with E-state index in [1.165, 1.54) is 5.56 Å². The third-order valence-corrected chi connectivity index (χ3v) is 3.95. The lowest BCUT2D eigenvalue weighted by Gasteiger charge is -2.18. The first-order valence-corrected chi connectivity index (χ1v) is 8.09. The lowest BCUT2D eigenvalue weighted by Crippen LogP contribution is -2.10. The topological polar surface area (TPSA) is 58.9 Å². The number of nitrogens with zero attached hydrogens (tertiary/aromatic N) is 4. The van der Waals surface area contributed by atoms with E-state index >= 15 is 0 Å². The number of aromatic nitrogens is 4. The van der Waals surface area contributed by atoms with Gasteiger partial charge in [-0.1, -0.05) is 45.0 Å². The Hall–Kier alpha value is -2.60. The van der Waals surface area contributed by atoms with Crippen molar-refractivity contribution in [3.05, 3.63) is 64.7 Å². The molecule has 0 saturated heterocycles. The molecule has 122 valence electrons. The summed E-state index contributed by atoms with van der Waals surface area (Å²) in [6.07, 6.45) is 5.21. The molecule has 3 rings (SSSR count). The van der Waals surface area contributed by atoms with Crippen LogP contribution in [0.15, 0.2) is 53.9 Å². The van der Waals surface area contributed by atoms with Crippen molar-refractivity contribution in [2.24, 2.45) is 5.10 Å². The van der Waals surface area contributed by atoms with Crippen LogP contribution in [0.1, 0.15) is 31.9 Å². The molecule has 0 atom stereocenters. The Kier molecular flexibility index (Phi) is 4.40. The molecule has 0 fully saturated rings. The van der Waals surface area contributed by atoms with Crippen molar-refractivity contribution >= 4 is 18.4 Å². The van der Waals surface area contributed by atoms with Gasteiger partial charge in [0.2, 0.25) is 4.77 Å². The Morgan fingerprint density at radius 3 is 2.38 bits per heavy atom. The van der Waals surface area contributed by atoms with Gasteiger partial charge in [-0.05, 0) is 40.9 Å². The molecule has 0 spiro atoms. The minimum absolute atomic E-state index is 0.136. The van der Waals surface area contributed by atoms with E-state index in [0.717, 1.165) is 11.1 Å². The SMILES string of the molecule is CC(C)(C)c1ccc(/C=N\n2c(-c3ccncc3)n[nH]c2=S)cc1. The predicted molar refractivity (Wildman–Crippen MR) is 98.8 cm³/mol. The molecule has 0 amide bonds. The molecule has 2 aromatic heterocycles. The second kappa shape index (κ2) is 6.49. The maximum absolute atomic E-state index is 5.27. The zero-order valence-corrected chi connectivity index (χ0v) is 14.7. The number of H-pyrrole nitrogens is 1. The minimum atomic E-state index is 0.136. The lowest BCUT2D eigenvalue weighted by atomic mass is 9.87. The summed E-state index contributed by atoms with van der Waals surface area (Å²) in [5.41, 5.74) is 3.33. The summed E-state index contributed by atoms with van der Waals surface area (Å²) in [4.78, 5) is 4.02. The van der Waals surface area contributed by atoms with Gasteiger partial charge in [-0.3, -0.25) is 4.98 Å². The third kappa shape index (κ3) is 3.49. The van der Waals surface area contributed by atoms with E-state index in [-0.39, 0.29) is 5.41 Å². The van der Waals surface area contributed by atoms with Gasteiger partial charge in [0.25, 0.3) is 0 Å². The highest BCUT2D eigenvalue weighted by Crippen LogP contribution is 2.22. The van der Waals surface area contributed by atoms with Gasteiger partial charge in [0.15, 0.2) is 5.82 Å². The summed E-state index contributed by atoms with van der Waals surface area (Å²) in [5, 5.41) is 11.5. The fourth-order valence-corrected chi connectivity index (χ4v) is 2.46. The van der Waals surface area contributed by atoms with E-state index in [4.69, 9.17) is 12.2 Å². The number of hydrogen-bond donors (Lipinski definition) is 1. The molecule has 0 aliphatic heterocycles. The third-order valence-electron chi connectivity index (χ3n) is 3.69. The van der Waals surface area contributed by atoms with E-state index in [1.807, 2.05) is 12.1 Å². The summed E-state index contributed by atoms with van der Waals surface area (Å²) < 4.78 is 2.06. The van der Waals surface area contributed by atoms with E-state index < -0.39 is 0 Å². The first kappa shape index (κ1) is 16.3. The van der Waals surface area contributed by atoms with Crippen LogP contribution < -0.4 is 0 Å². The molecule has 0 bridgehead atoms. The van der Waals surface area contributed by atoms with Crippen molar-refractivity contribution < 1.29 is 0 Å². The maximum Gasteiger partial charge on any atom is 0.216 e. The van der Waals surface area contributed by atoms with Crippen LogP contribution in [-0.4, -0.2) is 26.1 Å². The van der Waals surface area contributed by atoms with Gasteiger partial charge >= 0.3 is 0 Å². The van der Waals surface area contributed by atoms with Crippen LogP contribution in [0.2, 0.25) is 0 Å². The molecule has 3 aromatic rings. The maximum atomic E-state index is 5.27. The predicted octanol–water partition coefficient (Wildman–Crippen LogP) is 4.18. The number of hydrogen-bond acceptors (Lipinski definition) is 4. The molecule has 24 heavy (non-hydrogen) atoms. The van der Waals surface area contributed by atoms with Crippen molar-refractivity contribution in [2.75, 3.05) is 0 Å². The highest BCUT2D eigenvalue weighted by Gasteiger charge is 2.12. The molecular formula is C18H19N5S. The quantitative estimate of drug-likeness (QED) is 0.576. The Balaban J connectivity index is 1.91. The van der Waals surface area contributed by atoms with Crippen molar-refractivity contribution in [3.63, 3.8) is 0 Å². The van der Waals surface area contributed by atoms with E-state index in [1.54, 1.807) is 23.3 Å².